The van der Waals surface area contributed by atoms with Gasteiger partial charge in [-0.25, -0.2) is 9.78 Å². The number of hydrogen-bond donors (Lipinski definition) is 3. The first-order chi connectivity index (χ1) is 7.61. The summed E-state index contributed by atoms with van der Waals surface area (Å²) in [6.45, 7) is -0.614. The molecule has 0 aliphatic carbocycles. The third-order valence-electron chi connectivity index (χ3n) is 2.09. The van der Waals surface area contributed by atoms with Crippen molar-refractivity contribution in [1.29, 1.82) is 0 Å². The molecule has 1 aromatic rings. The Bertz CT molecular complexity index is 368. The smallest absolute Gasteiger partial charge is 0.357 e. The molecule has 1 aromatic heterocycles. The quantitative estimate of drug-likeness (QED) is 0.585. The first-order valence-electron chi connectivity index (χ1n) is 4.62. The molecule has 0 aliphatic rings. The predicted octanol–water partition coefficient (Wildman–Crippen LogP) is -0.745. The Hall–Kier alpha value is -1.50. The number of aliphatic hydroxyl groups is 3. The van der Waals surface area contributed by atoms with Crippen LogP contribution in [0.4, 0.5) is 0 Å². The molecule has 0 spiro atoms. The SMILES string of the molecule is COC(=O)c1ncccc1C(O)C(O)CO. The number of aromatic nitrogens is 1. The molecule has 0 aliphatic heterocycles. The van der Waals surface area contributed by atoms with Crippen molar-refractivity contribution < 1.29 is 24.9 Å². The maximum atomic E-state index is 11.3. The van der Waals surface area contributed by atoms with Crippen molar-refractivity contribution in [3.05, 3.63) is 29.6 Å². The number of rotatable bonds is 4. The third-order valence-corrected chi connectivity index (χ3v) is 2.09. The van der Waals surface area contributed by atoms with Crippen LogP contribution in [-0.2, 0) is 4.74 Å². The number of aliphatic hydroxyl groups excluding tert-OH is 3. The number of esters is 1. The van der Waals surface area contributed by atoms with Gasteiger partial charge < -0.3 is 20.1 Å². The van der Waals surface area contributed by atoms with E-state index in [9.17, 15) is 15.0 Å². The zero-order chi connectivity index (χ0) is 12.1. The summed E-state index contributed by atoms with van der Waals surface area (Å²) in [6, 6.07) is 2.94. The van der Waals surface area contributed by atoms with E-state index in [1.807, 2.05) is 0 Å². The summed E-state index contributed by atoms with van der Waals surface area (Å²) in [5.74, 6) is -0.709. The van der Waals surface area contributed by atoms with Crippen molar-refractivity contribution in [2.75, 3.05) is 13.7 Å². The zero-order valence-electron chi connectivity index (χ0n) is 8.70. The Balaban J connectivity index is 3.08. The molecule has 2 unspecified atom stereocenters. The van der Waals surface area contributed by atoms with E-state index >= 15 is 0 Å². The summed E-state index contributed by atoms with van der Waals surface area (Å²) in [7, 11) is 1.19. The van der Waals surface area contributed by atoms with Gasteiger partial charge in [0, 0.05) is 11.8 Å². The summed E-state index contributed by atoms with van der Waals surface area (Å²) < 4.78 is 4.48. The van der Waals surface area contributed by atoms with Crippen LogP contribution in [0.2, 0.25) is 0 Å². The van der Waals surface area contributed by atoms with Gasteiger partial charge >= 0.3 is 5.97 Å². The van der Waals surface area contributed by atoms with Crippen LogP contribution in [0.15, 0.2) is 18.3 Å². The lowest BCUT2D eigenvalue weighted by atomic mass is 10.0. The van der Waals surface area contributed by atoms with Gasteiger partial charge in [-0.2, -0.15) is 0 Å². The summed E-state index contributed by atoms with van der Waals surface area (Å²) >= 11 is 0. The second kappa shape index (κ2) is 5.55. The summed E-state index contributed by atoms with van der Waals surface area (Å²) in [4.78, 5) is 15.1. The fourth-order valence-electron chi connectivity index (χ4n) is 1.23. The highest BCUT2D eigenvalue weighted by atomic mass is 16.5. The first-order valence-corrected chi connectivity index (χ1v) is 4.62. The molecule has 1 heterocycles. The van der Waals surface area contributed by atoms with Crippen LogP contribution in [0.25, 0.3) is 0 Å². The van der Waals surface area contributed by atoms with E-state index in [2.05, 4.69) is 9.72 Å². The van der Waals surface area contributed by atoms with Gasteiger partial charge in [0.2, 0.25) is 0 Å². The van der Waals surface area contributed by atoms with E-state index in [-0.39, 0.29) is 11.3 Å². The minimum Gasteiger partial charge on any atom is -0.464 e. The number of methoxy groups -OCH3 is 1. The zero-order valence-corrected chi connectivity index (χ0v) is 8.70. The van der Waals surface area contributed by atoms with Crippen LogP contribution >= 0.6 is 0 Å². The fraction of sp³-hybridized carbons (Fsp3) is 0.400. The van der Waals surface area contributed by atoms with Crippen LogP contribution in [0.1, 0.15) is 22.2 Å². The average molecular weight is 227 g/mol. The van der Waals surface area contributed by atoms with Gasteiger partial charge in [0.05, 0.1) is 13.7 Å². The third kappa shape index (κ3) is 2.54. The van der Waals surface area contributed by atoms with Crippen LogP contribution in [0.5, 0.6) is 0 Å². The van der Waals surface area contributed by atoms with Crippen LogP contribution in [0.3, 0.4) is 0 Å². The Labute approximate surface area is 92.1 Å². The molecule has 0 bridgehead atoms. The topological polar surface area (TPSA) is 99.9 Å². The second-order valence-corrected chi connectivity index (χ2v) is 3.13. The Kier molecular flexibility index (Phi) is 4.36. The lowest BCUT2D eigenvalue weighted by molar-refractivity contribution is -0.0161. The van der Waals surface area contributed by atoms with E-state index in [1.54, 1.807) is 0 Å². The van der Waals surface area contributed by atoms with E-state index in [4.69, 9.17) is 5.11 Å². The van der Waals surface area contributed by atoms with E-state index in [0.29, 0.717) is 0 Å². The molecule has 1 rings (SSSR count). The predicted molar refractivity (Wildman–Crippen MR) is 53.6 cm³/mol. The molecule has 0 aromatic carbocycles. The number of hydrogen-bond acceptors (Lipinski definition) is 6. The molecule has 88 valence electrons. The van der Waals surface area contributed by atoms with Crippen molar-refractivity contribution >= 4 is 5.97 Å². The largest absolute Gasteiger partial charge is 0.464 e. The van der Waals surface area contributed by atoms with Crippen molar-refractivity contribution in [3.8, 4) is 0 Å². The van der Waals surface area contributed by atoms with Gasteiger partial charge in [-0.3, -0.25) is 0 Å². The fourth-order valence-corrected chi connectivity index (χ4v) is 1.23. The maximum Gasteiger partial charge on any atom is 0.357 e. The van der Waals surface area contributed by atoms with Crippen molar-refractivity contribution in [2.24, 2.45) is 0 Å². The van der Waals surface area contributed by atoms with Crippen molar-refractivity contribution in [3.63, 3.8) is 0 Å². The van der Waals surface area contributed by atoms with Crippen LogP contribution in [0, 0.1) is 0 Å². The van der Waals surface area contributed by atoms with Gasteiger partial charge in [0.15, 0.2) is 5.69 Å². The van der Waals surface area contributed by atoms with E-state index in [0.717, 1.165) is 0 Å². The molecular formula is C10H13NO5. The van der Waals surface area contributed by atoms with E-state index < -0.39 is 24.8 Å². The number of ether oxygens (including phenoxy) is 1. The molecule has 0 fully saturated rings. The van der Waals surface area contributed by atoms with Crippen molar-refractivity contribution in [1.82, 2.24) is 4.98 Å². The molecule has 0 saturated carbocycles. The van der Waals surface area contributed by atoms with Gasteiger partial charge in [0.1, 0.15) is 12.2 Å². The molecule has 0 amide bonds. The molecule has 0 saturated heterocycles. The number of pyridine rings is 1. The molecule has 2 atom stereocenters. The van der Waals surface area contributed by atoms with Crippen molar-refractivity contribution in [2.45, 2.75) is 12.2 Å². The number of carbonyl (C=O) groups excluding carboxylic acids is 1. The summed E-state index contributed by atoms with van der Waals surface area (Å²) in [5, 5.41) is 27.6. The van der Waals surface area contributed by atoms with Gasteiger partial charge in [-0.15, -0.1) is 0 Å². The normalized spacial score (nSPS) is 14.2. The Morgan fingerprint density at radius 2 is 2.25 bits per heavy atom. The first kappa shape index (κ1) is 12.6. The molecule has 6 nitrogen and oxygen atoms in total. The average Bonchev–Trinajstić information content (AvgIpc) is 2.35. The van der Waals surface area contributed by atoms with Gasteiger partial charge in [-0.1, -0.05) is 6.07 Å². The highest BCUT2D eigenvalue weighted by Gasteiger charge is 2.24. The lowest BCUT2D eigenvalue weighted by Gasteiger charge is -2.17. The Morgan fingerprint density at radius 1 is 1.56 bits per heavy atom. The van der Waals surface area contributed by atoms with Crippen LogP contribution in [-0.4, -0.2) is 46.1 Å². The highest BCUT2D eigenvalue weighted by molar-refractivity contribution is 5.88. The molecular weight excluding hydrogens is 214 g/mol. The van der Waals surface area contributed by atoms with Gasteiger partial charge in [-0.05, 0) is 6.07 Å². The maximum absolute atomic E-state index is 11.3. The molecule has 16 heavy (non-hydrogen) atoms. The number of carbonyl (C=O) groups is 1. The minimum atomic E-state index is -1.38. The minimum absolute atomic E-state index is 0.0787. The summed E-state index contributed by atoms with van der Waals surface area (Å²) in [6.07, 6.45) is -1.38. The van der Waals surface area contributed by atoms with Crippen LogP contribution < -0.4 is 0 Å². The molecule has 0 radical (unpaired) electrons. The number of nitrogens with zero attached hydrogens (tertiary/aromatic N) is 1. The molecule has 3 N–H and O–H groups in total. The second-order valence-electron chi connectivity index (χ2n) is 3.13. The molecule has 6 heteroatoms. The monoisotopic (exact) mass is 227 g/mol. The standard InChI is InChI=1S/C10H13NO5/c1-16-10(15)8-6(3-2-4-11-8)9(14)7(13)5-12/h2-4,7,9,12-14H,5H2,1H3. The Morgan fingerprint density at radius 3 is 2.81 bits per heavy atom. The highest BCUT2D eigenvalue weighted by Crippen LogP contribution is 2.19. The van der Waals surface area contributed by atoms with Gasteiger partial charge in [0.25, 0.3) is 0 Å². The lowest BCUT2D eigenvalue weighted by Crippen LogP contribution is -2.24. The van der Waals surface area contributed by atoms with E-state index in [1.165, 1.54) is 25.4 Å². The summed E-state index contributed by atoms with van der Waals surface area (Å²) in [5.41, 5.74) is 0.0425.